The van der Waals surface area contributed by atoms with Crippen LogP contribution >= 0.6 is 0 Å². The van der Waals surface area contributed by atoms with Crippen LogP contribution in [0.25, 0.3) is 10.9 Å². The Balaban J connectivity index is 1.89. The minimum atomic E-state index is -0.345. The molecular weight excluding hydrogens is 412 g/mol. The Kier molecular flexibility index (Phi) is 6.62. The molecule has 2 heterocycles. The molecule has 0 bridgehead atoms. The number of aromatic nitrogens is 2. The summed E-state index contributed by atoms with van der Waals surface area (Å²) in [7, 11) is 3.10. The second kappa shape index (κ2) is 9.58. The zero-order chi connectivity index (χ0) is 22.7. The fraction of sp³-hybridized carbons (Fsp3) is 0.417. The molecule has 1 N–H and O–H groups in total. The van der Waals surface area contributed by atoms with Gasteiger partial charge in [0, 0.05) is 25.9 Å². The number of ether oxygens (including phenoxy) is 3. The van der Waals surface area contributed by atoms with Crippen LogP contribution in [0.2, 0.25) is 0 Å². The van der Waals surface area contributed by atoms with Gasteiger partial charge in [0.1, 0.15) is 0 Å². The van der Waals surface area contributed by atoms with Crippen molar-refractivity contribution in [3.05, 3.63) is 68.4 Å². The highest BCUT2D eigenvalue weighted by Gasteiger charge is 2.23. The number of aliphatic hydroxyl groups is 1. The van der Waals surface area contributed by atoms with Crippen LogP contribution in [0.3, 0.4) is 0 Å². The predicted molar refractivity (Wildman–Crippen MR) is 121 cm³/mol. The van der Waals surface area contributed by atoms with E-state index in [0.717, 1.165) is 11.1 Å². The lowest BCUT2D eigenvalue weighted by Crippen LogP contribution is -2.42. The van der Waals surface area contributed by atoms with Gasteiger partial charge in [-0.3, -0.25) is 13.9 Å². The lowest BCUT2D eigenvalue weighted by atomic mass is 10.1. The van der Waals surface area contributed by atoms with E-state index < -0.39 is 0 Å². The standard InChI is InChI=1S/C24H28N2O6/c1-30-21-6-4-17(14-22(21)31-2)15-25-23(28)19-13-16(7-10-27)3-5-20(19)26(24(25)29)18-8-11-32-12-9-18/h3-6,13-14,18,27H,7-12,15H2,1-2H3. The van der Waals surface area contributed by atoms with Crippen molar-refractivity contribution in [3.63, 3.8) is 0 Å². The molecule has 170 valence electrons. The van der Waals surface area contributed by atoms with E-state index in [2.05, 4.69) is 0 Å². The van der Waals surface area contributed by atoms with Crippen LogP contribution in [0.15, 0.2) is 46.0 Å². The third kappa shape index (κ3) is 4.16. The molecule has 1 aliphatic rings. The maximum absolute atomic E-state index is 13.6. The first-order chi connectivity index (χ1) is 15.6. The van der Waals surface area contributed by atoms with E-state index in [0.29, 0.717) is 54.9 Å². The first-order valence-corrected chi connectivity index (χ1v) is 10.7. The van der Waals surface area contributed by atoms with Crippen molar-refractivity contribution in [2.45, 2.75) is 31.8 Å². The molecule has 0 atom stereocenters. The molecular formula is C24H28N2O6. The summed E-state index contributed by atoms with van der Waals surface area (Å²) in [6.07, 6.45) is 1.87. The van der Waals surface area contributed by atoms with Gasteiger partial charge in [0.15, 0.2) is 11.5 Å². The molecule has 3 aromatic rings. The van der Waals surface area contributed by atoms with Gasteiger partial charge in [-0.05, 0) is 54.7 Å². The molecule has 0 amide bonds. The monoisotopic (exact) mass is 440 g/mol. The molecule has 0 saturated carbocycles. The highest BCUT2D eigenvalue weighted by atomic mass is 16.5. The maximum Gasteiger partial charge on any atom is 0.332 e. The number of aliphatic hydroxyl groups excluding tert-OH is 1. The molecule has 32 heavy (non-hydrogen) atoms. The smallest absolute Gasteiger partial charge is 0.332 e. The molecule has 1 saturated heterocycles. The minimum absolute atomic E-state index is 0.00899. The number of benzene rings is 2. The zero-order valence-electron chi connectivity index (χ0n) is 18.4. The van der Waals surface area contributed by atoms with Crippen molar-refractivity contribution < 1.29 is 19.3 Å². The van der Waals surface area contributed by atoms with Crippen LogP contribution in [-0.2, 0) is 17.7 Å². The first-order valence-electron chi connectivity index (χ1n) is 10.7. The Morgan fingerprint density at radius 2 is 1.72 bits per heavy atom. The summed E-state index contributed by atoms with van der Waals surface area (Å²) in [5.41, 5.74) is 1.55. The van der Waals surface area contributed by atoms with E-state index in [-0.39, 0.29) is 30.4 Å². The average molecular weight is 440 g/mol. The normalized spacial score (nSPS) is 14.6. The minimum Gasteiger partial charge on any atom is -0.493 e. The van der Waals surface area contributed by atoms with E-state index in [4.69, 9.17) is 14.2 Å². The van der Waals surface area contributed by atoms with Crippen LogP contribution in [0.5, 0.6) is 11.5 Å². The van der Waals surface area contributed by atoms with Crippen molar-refractivity contribution in [2.24, 2.45) is 0 Å². The molecule has 8 nitrogen and oxygen atoms in total. The van der Waals surface area contributed by atoms with Crippen LogP contribution in [0, 0.1) is 0 Å². The lowest BCUT2D eigenvalue weighted by molar-refractivity contribution is 0.0691. The molecule has 0 radical (unpaired) electrons. The molecule has 0 aliphatic carbocycles. The van der Waals surface area contributed by atoms with Gasteiger partial charge in [-0.15, -0.1) is 0 Å². The Morgan fingerprint density at radius 3 is 2.41 bits per heavy atom. The van der Waals surface area contributed by atoms with Crippen molar-refractivity contribution >= 4 is 10.9 Å². The molecule has 0 unspecified atom stereocenters. The number of hydrogen-bond donors (Lipinski definition) is 1. The highest BCUT2D eigenvalue weighted by Crippen LogP contribution is 2.28. The van der Waals surface area contributed by atoms with E-state index >= 15 is 0 Å². The first kappa shape index (κ1) is 22.1. The molecule has 2 aromatic carbocycles. The molecule has 4 rings (SSSR count). The summed E-state index contributed by atoms with van der Waals surface area (Å²) in [4.78, 5) is 27.0. The van der Waals surface area contributed by atoms with E-state index in [1.165, 1.54) is 4.57 Å². The topological polar surface area (TPSA) is 91.9 Å². The maximum atomic E-state index is 13.6. The summed E-state index contributed by atoms with van der Waals surface area (Å²) >= 11 is 0. The summed E-state index contributed by atoms with van der Waals surface area (Å²) in [6.45, 7) is 1.26. The van der Waals surface area contributed by atoms with Crippen LogP contribution in [0.1, 0.15) is 30.0 Å². The molecule has 8 heteroatoms. The van der Waals surface area contributed by atoms with Crippen molar-refractivity contribution in [1.29, 1.82) is 0 Å². The highest BCUT2D eigenvalue weighted by molar-refractivity contribution is 5.79. The van der Waals surface area contributed by atoms with Crippen molar-refractivity contribution in [3.8, 4) is 11.5 Å². The molecule has 1 aromatic heterocycles. The molecule has 1 fully saturated rings. The fourth-order valence-corrected chi connectivity index (χ4v) is 4.31. The number of fused-ring (bicyclic) bond motifs is 1. The third-order valence-corrected chi connectivity index (χ3v) is 5.98. The Labute approximate surface area is 185 Å². The van der Waals surface area contributed by atoms with Crippen LogP contribution in [0.4, 0.5) is 0 Å². The summed E-state index contributed by atoms with van der Waals surface area (Å²) in [5, 5.41) is 9.81. The third-order valence-electron chi connectivity index (χ3n) is 5.98. The van der Waals surface area contributed by atoms with E-state index in [1.807, 2.05) is 18.2 Å². The number of rotatable bonds is 7. The second-order valence-electron chi connectivity index (χ2n) is 7.90. The number of nitrogens with zero attached hydrogens (tertiary/aromatic N) is 2. The van der Waals surface area contributed by atoms with Crippen molar-refractivity contribution in [2.75, 3.05) is 34.0 Å². The van der Waals surface area contributed by atoms with E-state index in [9.17, 15) is 14.7 Å². The van der Waals surface area contributed by atoms with Gasteiger partial charge >= 0.3 is 5.69 Å². The van der Waals surface area contributed by atoms with Crippen LogP contribution < -0.4 is 20.7 Å². The van der Waals surface area contributed by atoms with Crippen LogP contribution in [-0.4, -0.2) is 48.3 Å². The van der Waals surface area contributed by atoms with Gasteiger partial charge < -0.3 is 19.3 Å². The Hall–Kier alpha value is -3.10. The molecule has 0 spiro atoms. The molecule has 1 aliphatic heterocycles. The number of hydrogen-bond acceptors (Lipinski definition) is 6. The summed E-state index contributed by atoms with van der Waals surface area (Å²) in [6, 6.07) is 10.8. The Bertz CT molecular complexity index is 1220. The fourth-order valence-electron chi connectivity index (χ4n) is 4.31. The summed E-state index contributed by atoms with van der Waals surface area (Å²) in [5.74, 6) is 1.11. The second-order valence-corrected chi connectivity index (χ2v) is 7.90. The Morgan fingerprint density at radius 1 is 1.00 bits per heavy atom. The average Bonchev–Trinajstić information content (AvgIpc) is 2.83. The largest absolute Gasteiger partial charge is 0.493 e. The number of methoxy groups -OCH3 is 2. The predicted octanol–water partition coefficient (Wildman–Crippen LogP) is 2.12. The van der Waals surface area contributed by atoms with Gasteiger partial charge in [-0.2, -0.15) is 0 Å². The zero-order valence-corrected chi connectivity index (χ0v) is 18.4. The summed E-state index contributed by atoms with van der Waals surface area (Å²) < 4.78 is 19.2. The SMILES string of the molecule is COc1ccc(Cn2c(=O)c3cc(CCO)ccc3n(C3CCOCC3)c2=O)cc1OC. The van der Waals surface area contributed by atoms with Gasteiger partial charge in [0.05, 0.1) is 31.7 Å². The lowest BCUT2D eigenvalue weighted by Gasteiger charge is -2.26. The van der Waals surface area contributed by atoms with Gasteiger partial charge in [-0.25, -0.2) is 4.79 Å². The van der Waals surface area contributed by atoms with Gasteiger partial charge in [-0.1, -0.05) is 12.1 Å². The quantitative estimate of drug-likeness (QED) is 0.605. The van der Waals surface area contributed by atoms with E-state index in [1.54, 1.807) is 37.0 Å². The van der Waals surface area contributed by atoms with Gasteiger partial charge in [0.2, 0.25) is 0 Å². The van der Waals surface area contributed by atoms with Crippen molar-refractivity contribution in [1.82, 2.24) is 9.13 Å². The van der Waals surface area contributed by atoms with Gasteiger partial charge in [0.25, 0.3) is 5.56 Å².